The van der Waals surface area contributed by atoms with Crippen molar-refractivity contribution in [1.29, 1.82) is 0 Å². The lowest BCUT2D eigenvalue weighted by molar-refractivity contribution is 0.322. The van der Waals surface area contributed by atoms with E-state index in [1.165, 1.54) is 11.1 Å². The van der Waals surface area contributed by atoms with Gasteiger partial charge in [0.1, 0.15) is 11.5 Å². The van der Waals surface area contributed by atoms with Gasteiger partial charge < -0.3 is 9.47 Å². The van der Waals surface area contributed by atoms with Crippen molar-refractivity contribution in [2.24, 2.45) is 0 Å². The molecule has 3 heteroatoms. The summed E-state index contributed by atoms with van der Waals surface area (Å²) in [5.41, 5.74) is 2.50. The molecule has 0 saturated carbocycles. The second-order valence-corrected chi connectivity index (χ2v) is 4.78. The molecule has 100 valence electrons. The van der Waals surface area contributed by atoms with E-state index in [0.29, 0.717) is 6.61 Å². The van der Waals surface area contributed by atoms with Crippen LogP contribution in [0.1, 0.15) is 11.1 Å². The van der Waals surface area contributed by atoms with Crippen LogP contribution in [-0.4, -0.2) is 13.7 Å². The highest BCUT2D eigenvalue weighted by atomic mass is 79.9. The molecule has 0 aliphatic rings. The van der Waals surface area contributed by atoms with Crippen LogP contribution >= 0.6 is 15.9 Å². The molecule has 0 amide bonds. The molecule has 0 heterocycles. The van der Waals surface area contributed by atoms with Crippen molar-refractivity contribution in [2.75, 3.05) is 13.7 Å². The number of benzene rings is 2. The molecule has 19 heavy (non-hydrogen) atoms. The van der Waals surface area contributed by atoms with Crippen molar-refractivity contribution in [2.45, 2.75) is 11.8 Å². The Kier molecular flexibility index (Phi) is 5.28. The summed E-state index contributed by atoms with van der Waals surface area (Å²) in [6.45, 7) is 0.681. The molecule has 0 bridgehead atoms. The number of ether oxygens (including phenoxy) is 2. The molecule has 0 aliphatic carbocycles. The highest BCUT2D eigenvalue weighted by Gasteiger charge is 1.97. The molecular weight excluding hydrogens is 304 g/mol. The number of methoxy groups -OCH3 is 1. The molecule has 2 rings (SSSR count). The molecule has 0 unspecified atom stereocenters. The summed E-state index contributed by atoms with van der Waals surface area (Å²) in [7, 11) is 1.68. The van der Waals surface area contributed by atoms with E-state index >= 15 is 0 Å². The third-order valence-electron chi connectivity index (χ3n) is 2.90. The van der Waals surface area contributed by atoms with Gasteiger partial charge in [-0.25, -0.2) is 0 Å². The van der Waals surface area contributed by atoms with Crippen LogP contribution in [0, 0.1) is 0 Å². The van der Waals surface area contributed by atoms with Gasteiger partial charge in [0.05, 0.1) is 13.7 Å². The molecule has 0 radical (unpaired) electrons. The minimum absolute atomic E-state index is 0.681. The smallest absolute Gasteiger partial charge is 0.119 e. The van der Waals surface area contributed by atoms with E-state index in [2.05, 4.69) is 40.2 Å². The first kappa shape index (κ1) is 13.9. The topological polar surface area (TPSA) is 18.5 Å². The van der Waals surface area contributed by atoms with Crippen molar-refractivity contribution < 1.29 is 9.47 Å². The molecule has 2 aromatic rings. The first-order chi connectivity index (χ1) is 9.31. The standard InChI is InChI=1S/C16H17BrO2/c1-18-15-6-2-13(3-7-15)10-11-19-16-8-4-14(12-17)5-9-16/h2-9H,10-12H2,1H3. The first-order valence-electron chi connectivity index (χ1n) is 6.22. The van der Waals surface area contributed by atoms with Gasteiger partial charge in [0, 0.05) is 11.8 Å². The third kappa shape index (κ3) is 4.28. The predicted octanol–water partition coefficient (Wildman–Crippen LogP) is 4.21. The fourth-order valence-electron chi connectivity index (χ4n) is 1.75. The van der Waals surface area contributed by atoms with Crippen molar-refractivity contribution in [3.63, 3.8) is 0 Å². The lowest BCUT2D eigenvalue weighted by Gasteiger charge is -2.07. The van der Waals surface area contributed by atoms with E-state index in [0.717, 1.165) is 23.2 Å². The number of hydrogen-bond donors (Lipinski definition) is 0. The fourth-order valence-corrected chi connectivity index (χ4v) is 2.13. The number of hydrogen-bond acceptors (Lipinski definition) is 2. The van der Waals surface area contributed by atoms with Gasteiger partial charge in [0.2, 0.25) is 0 Å². The van der Waals surface area contributed by atoms with Crippen LogP contribution in [0.25, 0.3) is 0 Å². The van der Waals surface area contributed by atoms with Crippen molar-refractivity contribution in [3.8, 4) is 11.5 Å². The Morgan fingerprint density at radius 3 is 2.00 bits per heavy atom. The van der Waals surface area contributed by atoms with E-state index in [4.69, 9.17) is 9.47 Å². The monoisotopic (exact) mass is 320 g/mol. The quantitative estimate of drug-likeness (QED) is 0.742. The first-order valence-corrected chi connectivity index (χ1v) is 7.34. The molecule has 0 aromatic heterocycles. The minimum Gasteiger partial charge on any atom is -0.497 e. The number of halogens is 1. The second kappa shape index (κ2) is 7.19. The van der Waals surface area contributed by atoms with Crippen molar-refractivity contribution in [3.05, 3.63) is 59.7 Å². The molecular formula is C16H17BrO2. The lowest BCUT2D eigenvalue weighted by atomic mass is 10.1. The van der Waals surface area contributed by atoms with Gasteiger partial charge >= 0.3 is 0 Å². The zero-order chi connectivity index (χ0) is 13.5. The summed E-state index contributed by atoms with van der Waals surface area (Å²) in [5, 5.41) is 0.874. The summed E-state index contributed by atoms with van der Waals surface area (Å²) >= 11 is 3.43. The zero-order valence-electron chi connectivity index (χ0n) is 10.9. The van der Waals surface area contributed by atoms with Gasteiger partial charge in [0.15, 0.2) is 0 Å². The van der Waals surface area contributed by atoms with E-state index < -0.39 is 0 Å². The van der Waals surface area contributed by atoms with Crippen molar-refractivity contribution >= 4 is 15.9 Å². The van der Waals surface area contributed by atoms with Crippen LogP contribution in [0.4, 0.5) is 0 Å². The summed E-state index contributed by atoms with van der Waals surface area (Å²) in [6, 6.07) is 16.2. The van der Waals surface area contributed by atoms with Gasteiger partial charge in [-0.15, -0.1) is 0 Å². The summed E-state index contributed by atoms with van der Waals surface area (Å²) in [5.74, 6) is 1.80. The summed E-state index contributed by atoms with van der Waals surface area (Å²) in [6.07, 6.45) is 0.893. The molecule has 0 aliphatic heterocycles. The average molecular weight is 321 g/mol. The number of alkyl halides is 1. The minimum atomic E-state index is 0.681. The van der Waals surface area contributed by atoms with Gasteiger partial charge in [-0.2, -0.15) is 0 Å². The normalized spacial score (nSPS) is 10.2. The summed E-state index contributed by atoms with van der Waals surface area (Å²) in [4.78, 5) is 0. The fraction of sp³-hybridized carbons (Fsp3) is 0.250. The molecule has 0 spiro atoms. The Bertz CT molecular complexity index is 444. The lowest BCUT2D eigenvalue weighted by Crippen LogP contribution is -2.01. The van der Waals surface area contributed by atoms with E-state index in [1.54, 1.807) is 7.11 Å². The van der Waals surface area contributed by atoms with Crippen molar-refractivity contribution in [1.82, 2.24) is 0 Å². The van der Waals surface area contributed by atoms with Gasteiger partial charge in [-0.05, 0) is 35.4 Å². The summed E-state index contributed by atoms with van der Waals surface area (Å²) < 4.78 is 10.8. The van der Waals surface area contributed by atoms with Crippen LogP contribution < -0.4 is 9.47 Å². The number of rotatable bonds is 6. The predicted molar refractivity (Wildman–Crippen MR) is 81.3 cm³/mol. The van der Waals surface area contributed by atoms with Crippen LogP contribution in [-0.2, 0) is 11.8 Å². The van der Waals surface area contributed by atoms with Crippen LogP contribution in [0.15, 0.2) is 48.5 Å². The molecule has 0 fully saturated rings. The largest absolute Gasteiger partial charge is 0.497 e. The maximum absolute atomic E-state index is 5.72. The highest BCUT2D eigenvalue weighted by Crippen LogP contribution is 2.15. The molecule has 0 N–H and O–H groups in total. The highest BCUT2D eigenvalue weighted by molar-refractivity contribution is 9.08. The second-order valence-electron chi connectivity index (χ2n) is 4.22. The van der Waals surface area contributed by atoms with Gasteiger partial charge in [-0.1, -0.05) is 40.2 Å². The molecule has 2 nitrogen and oxygen atoms in total. The third-order valence-corrected chi connectivity index (χ3v) is 3.54. The SMILES string of the molecule is COc1ccc(CCOc2ccc(CBr)cc2)cc1. The van der Waals surface area contributed by atoms with Crippen LogP contribution in [0.5, 0.6) is 11.5 Å². The Balaban J connectivity index is 1.81. The Hall–Kier alpha value is -1.48. The maximum Gasteiger partial charge on any atom is 0.119 e. The van der Waals surface area contributed by atoms with Gasteiger partial charge in [0.25, 0.3) is 0 Å². The maximum atomic E-state index is 5.72. The molecule has 0 saturated heterocycles. The Morgan fingerprint density at radius 1 is 0.842 bits per heavy atom. The zero-order valence-corrected chi connectivity index (χ0v) is 12.5. The molecule has 0 atom stereocenters. The van der Waals surface area contributed by atoms with E-state index in [9.17, 15) is 0 Å². The van der Waals surface area contributed by atoms with Crippen LogP contribution in [0.2, 0.25) is 0 Å². The molecule has 2 aromatic carbocycles. The van der Waals surface area contributed by atoms with Crippen LogP contribution in [0.3, 0.4) is 0 Å². The Morgan fingerprint density at radius 2 is 1.42 bits per heavy atom. The Labute approximate surface area is 122 Å². The van der Waals surface area contributed by atoms with E-state index in [1.807, 2.05) is 24.3 Å². The average Bonchev–Trinajstić information content (AvgIpc) is 2.49. The van der Waals surface area contributed by atoms with Gasteiger partial charge in [-0.3, -0.25) is 0 Å². The van der Waals surface area contributed by atoms with E-state index in [-0.39, 0.29) is 0 Å².